The Morgan fingerprint density at radius 3 is 2.87 bits per heavy atom. The topological polar surface area (TPSA) is 59.2 Å². The van der Waals surface area contributed by atoms with Crippen molar-refractivity contribution in [1.29, 1.82) is 0 Å². The number of pyridine rings is 1. The van der Waals surface area contributed by atoms with Crippen LogP contribution in [0.15, 0.2) is 18.5 Å². The average molecular weight is 223 g/mol. The van der Waals surface area contributed by atoms with Gasteiger partial charge >= 0.3 is 0 Å². The lowest BCUT2D eigenvalue weighted by molar-refractivity contribution is 0.0773. The van der Waals surface area contributed by atoms with E-state index in [1.54, 1.807) is 18.5 Å². The Hall–Kier alpha value is -1.23. The van der Waals surface area contributed by atoms with Crippen molar-refractivity contribution in [3.05, 3.63) is 24.0 Å². The molecule has 1 saturated heterocycles. The van der Waals surface area contributed by atoms with Crippen molar-refractivity contribution < 1.29 is 4.79 Å². The van der Waals surface area contributed by atoms with E-state index in [1.807, 2.05) is 16.7 Å². The van der Waals surface area contributed by atoms with E-state index in [1.165, 1.54) is 0 Å². The van der Waals surface area contributed by atoms with Gasteiger partial charge in [0, 0.05) is 42.7 Å². The highest BCUT2D eigenvalue weighted by Gasteiger charge is 2.19. The van der Waals surface area contributed by atoms with Gasteiger partial charge in [-0.2, -0.15) is 11.8 Å². The molecule has 15 heavy (non-hydrogen) atoms. The van der Waals surface area contributed by atoms with Gasteiger partial charge in [0.25, 0.3) is 5.91 Å². The SMILES string of the molecule is Nc1ccncc1C(=O)N1CCSCC1. The number of rotatable bonds is 1. The predicted molar refractivity (Wildman–Crippen MR) is 61.9 cm³/mol. The third-order valence-corrected chi connectivity index (χ3v) is 3.33. The number of hydrogen-bond acceptors (Lipinski definition) is 4. The van der Waals surface area contributed by atoms with Gasteiger partial charge in [-0.15, -0.1) is 0 Å². The molecule has 5 heteroatoms. The molecule has 1 aromatic heterocycles. The Bertz CT molecular complexity index is 363. The number of aromatic nitrogens is 1. The monoisotopic (exact) mass is 223 g/mol. The first kappa shape index (κ1) is 10.3. The van der Waals surface area contributed by atoms with E-state index >= 15 is 0 Å². The number of thioether (sulfide) groups is 1. The standard InChI is InChI=1S/C10H13N3OS/c11-9-1-2-12-7-8(9)10(14)13-3-5-15-6-4-13/h1-2,7H,3-6H2,(H2,11,12). The maximum absolute atomic E-state index is 12.0. The lowest BCUT2D eigenvalue weighted by Crippen LogP contribution is -2.38. The molecule has 0 saturated carbocycles. The molecule has 0 atom stereocenters. The second kappa shape index (κ2) is 4.53. The minimum atomic E-state index is 0.000833. The Labute approximate surface area is 92.9 Å². The van der Waals surface area contributed by atoms with E-state index in [9.17, 15) is 4.79 Å². The Balaban J connectivity index is 2.16. The molecule has 1 aliphatic heterocycles. The fourth-order valence-electron chi connectivity index (χ4n) is 1.52. The van der Waals surface area contributed by atoms with Crippen molar-refractivity contribution >= 4 is 23.4 Å². The second-order valence-corrected chi connectivity index (χ2v) is 4.59. The number of amides is 1. The smallest absolute Gasteiger partial charge is 0.257 e. The fourth-order valence-corrected chi connectivity index (χ4v) is 2.42. The summed E-state index contributed by atoms with van der Waals surface area (Å²) in [6.07, 6.45) is 3.14. The number of nitrogens with two attached hydrogens (primary N) is 1. The van der Waals surface area contributed by atoms with Crippen LogP contribution in [0.4, 0.5) is 5.69 Å². The van der Waals surface area contributed by atoms with Crippen LogP contribution in [0, 0.1) is 0 Å². The minimum Gasteiger partial charge on any atom is -0.398 e. The van der Waals surface area contributed by atoms with Gasteiger partial charge < -0.3 is 10.6 Å². The molecule has 0 aliphatic carbocycles. The largest absolute Gasteiger partial charge is 0.398 e. The van der Waals surface area contributed by atoms with E-state index in [0.29, 0.717) is 11.3 Å². The highest BCUT2D eigenvalue weighted by Crippen LogP contribution is 2.16. The molecular weight excluding hydrogens is 210 g/mol. The molecular formula is C10H13N3OS. The highest BCUT2D eigenvalue weighted by atomic mass is 32.2. The van der Waals surface area contributed by atoms with Gasteiger partial charge in [-0.25, -0.2) is 0 Å². The first-order valence-corrected chi connectivity index (χ1v) is 6.01. The molecule has 1 aromatic rings. The zero-order chi connectivity index (χ0) is 10.7. The van der Waals surface area contributed by atoms with Gasteiger partial charge in [0.1, 0.15) is 0 Å². The van der Waals surface area contributed by atoms with Crippen LogP contribution in [-0.4, -0.2) is 40.4 Å². The molecule has 1 aliphatic rings. The summed E-state index contributed by atoms with van der Waals surface area (Å²) in [4.78, 5) is 17.8. The Kier molecular flexibility index (Phi) is 3.11. The predicted octanol–water partition coefficient (Wildman–Crippen LogP) is 0.853. The zero-order valence-corrected chi connectivity index (χ0v) is 9.17. The molecule has 1 fully saturated rings. The maximum Gasteiger partial charge on any atom is 0.257 e. The quantitative estimate of drug-likeness (QED) is 0.767. The summed E-state index contributed by atoms with van der Waals surface area (Å²) in [5.74, 6) is 2.01. The minimum absolute atomic E-state index is 0.000833. The summed E-state index contributed by atoms with van der Waals surface area (Å²) in [7, 11) is 0. The Morgan fingerprint density at radius 2 is 2.20 bits per heavy atom. The van der Waals surface area contributed by atoms with Crippen LogP contribution in [0.3, 0.4) is 0 Å². The van der Waals surface area contributed by atoms with Crippen molar-refractivity contribution in [2.75, 3.05) is 30.3 Å². The summed E-state index contributed by atoms with van der Waals surface area (Å²) in [6.45, 7) is 1.61. The molecule has 0 bridgehead atoms. The molecule has 2 N–H and O–H groups in total. The summed E-state index contributed by atoms with van der Waals surface area (Å²) in [5.41, 5.74) is 6.76. The molecule has 1 amide bonds. The number of hydrogen-bond donors (Lipinski definition) is 1. The highest BCUT2D eigenvalue weighted by molar-refractivity contribution is 7.99. The molecule has 0 unspecified atom stereocenters. The summed E-state index contributed by atoms with van der Waals surface area (Å²) in [6, 6.07) is 1.66. The van der Waals surface area contributed by atoms with Crippen molar-refractivity contribution in [2.24, 2.45) is 0 Å². The van der Waals surface area contributed by atoms with E-state index < -0.39 is 0 Å². The van der Waals surface area contributed by atoms with E-state index in [-0.39, 0.29) is 5.91 Å². The van der Waals surface area contributed by atoms with Crippen LogP contribution in [0.1, 0.15) is 10.4 Å². The van der Waals surface area contributed by atoms with Gasteiger partial charge in [0.05, 0.1) is 5.56 Å². The van der Waals surface area contributed by atoms with Crippen LogP contribution in [0.25, 0.3) is 0 Å². The van der Waals surface area contributed by atoms with Crippen molar-refractivity contribution in [1.82, 2.24) is 9.88 Å². The normalized spacial score (nSPS) is 16.4. The summed E-state index contributed by atoms with van der Waals surface area (Å²) in [5, 5.41) is 0. The van der Waals surface area contributed by atoms with Crippen molar-refractivity contribution in [2.45, 2.75) is 0 Å². The Morgan fingerprint density at radius 1 is 1.47 bits per heavy atom. The number of carbonyl (C=O) groups is 1. The van der Waals surface area contributed by atoms with Gasteiger partial charge in [-0.05, 0) is 6.07 Å². The number of nitrogens with zero attached hydrogens (tertiary/aromatic N) is 2. The van der Waals surface area contributed by atoms with Gasteiger partial charge in [0.2, 0.25) is 0 Å². The maximum atomic E-state index is 12.0. The van der Waals surface area contributed by atoms with Crippen LogP contribution in [-0.2, 0) is 0 Å². The van der Waals surface area contributed by atoms with Gasteiger partial charge in [-0.1, -0.05) is 0 Å². The fraction of sp³-hybridized carbons (Fsp3) is 0.400. The summed E-state index contributed by atoms with van der Waals surface area (Å²) < 4.78 is 0. The van der Waals surface area contributed by atoms with E-state index in [4.69, 9.17) is 5.73 Å². The first-order chi connectivity index (χ1) is 7.29. The number of carbonyl (C=O) groups excluding carboxylic acids is 1. The van der Waals surface area contributed by atoms with Crippen LogP contribution < -0.4 is 5.73 Å². The van der Waals surface area contributed by atoms with E-state index in [2.05, 4.69) is 4.98 Å². The zero-order valence-electron chi connectivity index (χ0n) is 8.35. The number of nitrogen functional groups attached to an aromatic ring is 1. The third kappa shape index (κ3) is 2.23. The van der Waals surface area contributed by atoms with Crippen LogP contribution >= 0.6 is 11.8 Å². The molecule has 2 rings (SSSR count). The lowest BCUT2D eigenvalue weighted by Gasteiger charge is -2.26. The lowest BCUT2D eigenvalue weighted by atomic mass is 10.2. The molecule has 0 radical (unpaired) electrons. The van der Waals surface area contributed by atoms with Crippen molar-refractivity contribution in [3.8, 4) is 0 Å². The van der Waals surface area contributed by atoms with Gasteiger partial charge in [0.15, 0.2) is 0 Å². The molecule has 4 nitrogen and oxygen atoms in total. The van der Waals surface area contributed by atoms with Crippen LogP contribution in [0.5, 0.6) is 0 Å². The second-order valence-electron chi connectivity index (χ2n) is 3.37. The summed E-state index contributed by atoms with van der Waals surface area (Å²) >= 11 is 1.87. The molecule has 2 heterocycles. The molecule has 0 spiro atoms. The van der Waals surface area contributed by atoms with E-state index in [0.717, 1.165) is 24.6 Å². The molecule has 0 aromatic carbocycles. The van der Waals surface area contributed by atoms with Gasteiger partial charge in [-0.3, -0.25) is 9.78 Å². The third-order valence-electron chi connectivity index (χ3n) is 2.38. The number of anilines is 1. The first-order valence-electron chi connectivity index (χ1n) is 4.85. The van der Waals surface area contributed by atoms with Crippen LogP contribution in [0.2, 0.25) is 0 Å². The molecule has 80 valence electrons. The van der Waals surface area contributed by atoms with Crippen molar-refractivity contribution in [3.63, 3.8) is 0 Å². The average Bonchev–Trinajstić information content (AvgIpc) is 2.30.